The zero-order valence-electron chi connectivity index (χ0n) is 13.3. The lowest BCUT2D eigenvalue weighted by atomic mass is 9.82. The Morgan fingerprint density at radius 3 is 2.62 bits per heavy atom. The molecule has 0 bridgehead atoms. The van der Waals surface area contributed by atoms with Gasteiger partial charge in [0.05, 0.1) is 5.41 Å². The van der Waals surface area contributed by atoms with E-state index in [0.29, 0.717) is 19.5 Å². The van der Waals surface area contributed by atoms with E-state index >= 15 is 0 Å². The molecule has 21 heavy (non-hydrogen) atoms. The summed E-state index contributed by atoms with van der Waals surface area (Å²) in [6, 6.07) is 0.275. The minimum Gasteiger partial charge on any atom is -0.481 e. The van der Waals surface area contributed by atoms with Crippen LogP contribution in [0.15, 0.2) is 0 Å². The van der Waals surface area contributed by atoms with Crippen LogP contribution in [0, 0.1) is 5.41 Å². The van der Waals surface area contributed by atoms with Crippen LogP contribution in [0.1, 0.15) is 32.6 Å². The number of piperidine rings is 1. The lowest BCUT2D eigenvalue weighted by Crippen LogP contribution is -2.54. The minimum atomic E-state index is -0.801. The van der Waals surface area contributed by atoms with E-state index in [-0.39, 0.29) is 12.1 Å². The second-order valence-corrected chi connectivity index (χ2v) is 6.93. The molecule has 2 aliphatic heterocycles. The number of carboxylic acid groups (broad SMARTS) is 1. The molecule has 120 valence electrons. The molecule has 0 aliphatic carbocycles. The van der Waals surface area contributed by atoms with Crippen molar-refractivity contribution in [2.75, 3.05) is 40.3 Å². The van der Waals surface area contributed by atoms with Crippen LogP contribution in [0.3, 0.4) is 0 Å². The van der Waals surface area contributed by atoms with Crippen LogP contribution in [0.4, 0.5) is 4.79 Å². The third-order valence-corrected chi connectivity index (χ3v) is 4.68. The molecule has 0 aromatic rings. The first-order chi connectivity index (χ1) is 9.83. The molecule has 6 nitrogen and oxygen atoms in total. The third kappa shape index (κ3) is 3.48. The first kappa shape index (κ1) is 16.1. The molecule has 2 heterocycles. The number of carbonyl (C=O) groups is 2. The molecule has 2 rings (SSSR count). The molecule has 2 fully saturated rings. The second kappa shape index (κ2) is 6.22. The predicted octanol–water partition coefficient (Wildman–Crippen LogP) is 1.32. The second-order valence-electron chi connectivity index (χ2n) is 6.93. The van der Waals surface area contributed by atoms with E-state index in [2.05, 4.69) is 4.90 Å². The number of likely N-dealkylation sites (tertiary alicyclic amines) is 2. The smallest absolute Gasteiger partial charge is 0.320 e. The highest BCUT2D eigenvalue weighted by Crippen LogP contribution is 2.31. The summed E-state index contributed by atoms with van der Waals surface area (Å²) in [6.45, 7) is 4.41. The summed E-state index contributed by atoms with van der Waals surface area (Å²) in [6.07, 6.45) is 3.48. The van der Waals surface area contributed by atoms with E-state index in [1.807, 2.05) is 19.0 Å². The summed E-state index contributed by atoms with van der Waals surface area (Å²) in [4.78, 5) is 29.9. The highest BCUT2D eigenvalue weighted by atomic mass is 16.4. The van der Waals surface area contributed by atoms with Crippen molar-refractivity contribution >= 4 is 12.0 Å². The number of carbonyl (C=O) groups excluding carboxylic acids is 1. The number of nitrogens with zero attached hydrogens (tertiary/aromatic N) is 3. The summed E-state index contributed by atoms with van der Waals surface area (Å²) in [7, 11) is 4.03. The van der Waals surface area contributed by atoms with Crippen molar-refractivity contribution in [1.82, 2.24) is 14.7 Å². The van der Waals surface area contributed by atoms with Gasteiger partial charge in [0.15, 0.2) is 0 Å². The molecule has 2 atom stereocenters. The largest absolute Gasteiger partial charge is 0.481 e. The van der Waals surface area contributed by atoms with E-state index in [9.17, 15) is 14.7 Å². The molecule has 2 aliphatic rings. The van der Waals surface area contributed by atoms with Crippen molar-refractivity contribution in [3.63, 3.8) is 0 Å². The molecular formula is C15H27N3O3. The highest BCUT2D eigenvalue weighted by Gasteiger charge is 2.41. The normalized spacial score (nSPS) is 30.0. The van der Waals surface area contributed by atoms with Gasteiger partial charge in [-0.2, -0.15) is 0 Å². The number of urea groups is 1. The summed E-state index contributed by atoms with van der Waals surface area (Å²) in [5, 5.41) is 9.38. The van der Waals surface area contributed by atoms with Crippen LogP contribution in [0.5, 0.6) is 0 Å². The number of rotatable bonds is 3. The van der Waals surface area contributed by atoms with Crippen molar-refractivity contribution in [1.29, 1.82) is 0 Å². The maximum absolute atomic E-state index is 12.7. The Balaban J connectivity index is 2.03. The van der Waals surface area contributed by atoms with Gasteiger partial charge in [0.1, 0.15) is 0 Å². The van der Waals surface area contributed by atoms with E-state index in [4.69, 9.17) is 0 Å². The van der Waals surface area contributed by atoms with Crippen LogP contribution >= 0.6 is 0 Å². The molecule has 1 N–H and O–H groups in total. The molecule has 0 aromatic heterocycles. The van der Waals surface area contributed by atoms with Crippen molar-refractivity contribution in [3.05, 3.63) is 0 Å². The SMILES string of the molecule is CN(C)CC1CCCN1C(=O)N1CCCC(C)(C(=O)O)C1. The van der Waals surface area contributed by atoms with Crippen LogP contribution < -0.4 is 0 Å². The molecule has 2 saturated heterocycles. The van der Waals surface area contributed by atoms with Gasteiger partial charge in [-0.25, -0.2) is 4.79 Å². The van der Waals surface area contributed by atoms with E-state index in [1.165, 1.54) is 0 Å². The summed E-state index contributed by atoms with van der Waals surface area (Å²) in [5.41, 5.74) is -0.801. The van der Waals surface area contributed by atoms with Gasteiger partial charge in [0.25, 0.3) is 0 Å². The number of aliphatic carboxylic acids is 1. The van der Waals surface area contributed by atoms with E-state index in [1.54, 1.807) is 11.8 Å². The monoisotopic (exact) mass is 297 g/mol. The van der Waals surface area contributed by atoms with Crippen molar-refractivity contribution in [2.45, 2.75) is 38.6 Å². The topological polar surface area (TPSA) is 64.1 Å². The Kier molecular flexibility index (Phi) is 4.76. The summed E-state index contributed by atoms with van der Waals surface area (Å²) < 4.78 is 0. The maximum atomic E-state index is 12.7. The Bertz CT molecular complexity index is 413. The molecule has 0 spiro atoms. The van der Waals surface area contributed by atoms with Gasteiger partial charge < -0.3 is 19.8 Å². The number of carboxylic acids is 1. The fraction of sp³-hybridized carbons (Fsp3) is 0.867. The average Bonchev–Trinajstić information content (AvgIpc) is 2.85. The zero-order valence-corrected chi connectivity index (χ0v) is 13.3. The lowest BCUT2D eigenvalue weighted by molar-refractivity contribution is -0.150. The molecule has 0 saturated carbocycles. The van der Waals surface area contributed by atoms with Gasteiger partial charge >= 0.3 is 12.0 Å². The van der Waals surface area contributed by atoms with Crippen LogP contribution in [0.25, 0.3) is 0 Å². The molecule has 6 heteroatoms. The fourth-order valence-electron chi connectivity index (χ4n) is 3.46. The van der Waals surface area contributed by atoms with Crippen molar-refractivity contribution in [2.24, 2.45) is 5.41 Å². The van der Waals surface area contributed by atoms with Crippen LogP contribution in [-0.4, -0.2) is 78.1 Å². The van der Waals surface area contributed by atoms with Gasteiger partial charge in [-0.15, -0.1) is 0 Å². The number of amides is 2. The molecular weight excluding hydrogens is 270 g/mol. The van der Waals surface area contributed by atoms with Crippen molar-refractivity contribution in [3.8, 4) is 0 Å². The van der Waals surface area contributed by atoms with E-state index in [0.717, 1.165) is 32.4 Å². The Morgan fingerprint density at radius 1 is 1.29 bits per heavy atom. The first-order valence-corrected chi connectivity index (χ1v) is 7.77. The maximum Gasteiger partial charge on any atom is 0.320 e. The minimum absolute atomic E-state index is 0.0199. The first-order valence-electron chi connectivity index (χ1n) is 7.77. The van der Waals surface area contributed by atoms with E-state index < -0.39 is 11.4 Å². The summed E-state index contributed by atoms with van der Waals surface area (Å²) in [5.74, 6) is -0.800. The zero-order chi connectivity index (χ0) is 15.6. The quantitative estimate of drug-likeness (QED) is 0.853. The number of hydrogen-bond acceptors (Lipinski definition) is 3. The summed E-state index contributed by atoms with van der Waals surface area (Å²) >= 11 is 0. The molecule has 0 aromatic carbocycles. The van der Waals surface area contributed by atoms with Crippen molar-refractivity contribution < 1.29 is 14.7 Å². The van der Waals surface area contributed by atoms with Gasteiger partial charge in [-0.1, -0.05) is 0 Å². The molecule has 2 amide bonds. The Hall–Kier alpha value is -1.30. The standard InChI is InChI=1S/C15H27N3O3/c1-15(13(19)20)7-5-8-17(11-15)14(21)18-9-4-6-12(18)10-16(2)3/h12H,4-11H2,1-3H3,(H,19,20). The third-order valence-electron chi connectivity index (χ3n) is 4.68. The number of hydrogen-bond donors (Lipinski definition) is 1. The highest BCUT2D eigenvalue weighted by molar-refractivity contribution is 5.79. The molecule has 2 unspecified atom stereocenters. The Morgan fingerprint density at radius 2 is 2.00 bits per heavy atom. The Labute approximate surface area is 126 Å². The lowest BCUT2D eigenvalue weighted by Gasteiger charge is -2.40. The van der Waals surface area contributed by atoms with Gasteiger partial charge in [0, 0.05) is 32.2 Å². The fourth-order valence-corrected chi connectivity index (χ4v) is 3.46. The van der Waals surface area contributed by atoms with Crippen LogP contribution in [-0.2, 0) is 4.79 Å². The predicted molar refractivity (Wildman–Crippen MR) is 80.2 cm³/mol. The van der Waals surface area contributed by atoms with Gasteiger partial charge in [0.2, 0.25) is 0 Å². The number of likely N-dealkylation sites (N-methyl/N-ethyl adjacent to an activating group) is 1. The van der Waals surface area contributed by atoms with Gasteiger partial charge in [-0.3, -0.25) is 4.79 Å². The molecule has 0 radical (unpaired) electrons. The van der Waals surface area contributed by atoms with Gasteiger partial charge in [-0.05, 0) is 46.7 Å². The van der Waals surface area contributed by atoms with Crippen LogP contribution in [0.2, 0.25) is 0 Å². The average molecular weight is 297 g/mol.